The van der Waals surface area contributed by atoms with Gasteiger partial charge in [-0.3, -0.25) is 9.59 Å². The van der Waals surface area contributed by atoms with Crippen molar-refractivity contribution in [2.24, 2.45) is 5.92 Å². The Bertz CT molecular complexity index is 1950. The number of anilines is 2. The third-order valence-electron chi connectivity index (χ3n) is 8.88. The Kier molecular flexibility index (Phi) is 7.07. The second-order valence-electron chi connectivity index (χ2n) is 11.5. The lowest BCUT2D eigenvalue weighted by Crippen LogP contribution is -2.49. The molecule has 0 spiro atoms. The van der Waals surface area contributed by atoms with E-state index in [1.807, 2.05) is 127 Å². The molecule has 0 aliphatic carbocycles. The Morgan fingerprint density at radius 2 is 1.25 bits per heavy atom. The third kappa shape index (κ3) is 4.58. The molecule has 1 aliphatic heterocycles. The van der Waals surface area contributed by atoms with E-state index in [2.05, 4.69) is 40.3 Å². The first-order chi connectivity index (χ1) is 21.6. The first-order valence-corrected chi connectivity index (χ1v) is 15.0. The number of carbonyl (C=O) groups excluding carboxylic acids is 2. The number of fused-ring (bicyclic) bond motifs is 2. The van der Waals surface area contributed by atoms with Crippen molar-refractivity contribution in [2.75, 3.05) is 10.2 Å². The minimum Gasteiger partial charge on any atom is -0.343 e. The summed E-state index contributed by atoms with van der Waals surface area (Å²) in [5.74, 6) is -1.03. The van der Waals surface area contributed by atoms with Crippen molar-refractivity contribution >= 4 is 34.1 Å². The van der Waals surface area contributed by atoms with Gasteiger partial charge in [-0.2, -0.15) is 0 Å². The molecule has 216 valence electrons. The zero-order valence-corrected chi connectivity index (χ0v) is 24.6. The molecule has 7 rings (SSSR count). The van der Waals surface area contributed by atoms with Gasteiger partial charge in [-0.15, -0.1) is 0 Å². The fraction of sp³-hybridized carbons (Fsp3) is 0.128. The Hall–Kier alpha value is -5.42. The van der Waals surface area contributed by atoms with Crippen LogP contribution in [-0.2, 0) is 28.1 Å². The van der Waals surface area contributed by atoms with Gasteiger partial charge in [-0.05, 0) is 46.5 Å². The van der Waals surface area contributed by atoms with E-state index in [1.54, 1.807) is 0 Å². The van der Waals surface area contributed by atoms with Crippen molar-refractivity contribution in [3.63, 3.8) is 0 Å². The predicted octanol–water partition coefficient (Wildman–Crippen LogP) is 7.80. The van der Waals surface area contributed by atoms with Crippen LogP contribution in [0.5, 0.6) is 0 Å². The van der Waals surface area contributed by atoms with E-state index >= 15 is 4.79 Å². The van der Waals surface area contributed by atoms with E-state index in [1.165, 1.54) is 0 Å². The SMILES string of the molecule is C[C@@H](C(=O)Nc1ccccc1)[C@@]1(c2cn(Cc3ccccc3)c3ccccc23)C(=O)N(Cc2ccccc2)c2ccccc21. The molecule has 0 bridgehead atoms. The van der Waals surface area contributed by atoms with Crippen LogP contribution in [0.1, 0.15) is 29.2 Å². The minimum atomic E-state index is -1.26. The van der Waals surface area contributed by atoms with E-state index in [-0.39, 0.29) is 11.8 Å². The van der Waals surface area contributed by atoms with Gasteiger partial charge in [0.2, 0.25) is 11.8 Å². The summed E-state index contributed by atoms with van der Waals surface area (Å²) in [4.78, 5) is 31.3. The molecule has 1 aromatic heterocycles. The molecule has 0 saturated carbocycles. The molecule has 5 nitrogen and oxygen atoms in total. The van der Waals surface area contributed by atoms with E-state index in [0.29, 0.717) is 18.8 Å². The Balaban J connectivity index is 1.44. The Morgan fingerprint density at radius 1 is 0.682 bits per heavy atom. The van der Waals surface area contributed by atoms with Gasteiger partial charge in [-0.1, -0.05) is 122 Å². The molecule has 5 aromatic carbocycles. The summed E-state index contributed by atoms with van der Waals surface area (Å²) in [6, 6.07) is 45.9. The lowest BCUT2D eigenvalue weighted by molar-refractivity contribution is -0.129. The lowest BCUT2D eigenvalue weighted by atomic mass is 9.66. The van der Waals surface area contributed by atoms with Gasteiger partial charge in [0.15, 0.2) is 0 Å². The molecule has 0 unspecified atom stereocenters. The fourth-order valence-electron chi connectivity index (χ4n) is 6.76. The molecule has 5 heteroatoms. The van der Waals surface area contributed by atoms with Gasteiger partial charge in [0.25, 0.3) is 0 Å². The molecular formula is C39H33N3O2. The quantitative estimate of drug-likeness (QED) is 0.201. The number of benzene rings is 5. The van der Waals surface area contributed by atoms with Crippen LogP contribution < -0.4 is 10.2 Å². The highest BCUT2D eigenvalue weighted by molar-refractivity contribution is 6.15. The van der Waals surface area contributed by atoms with Gasteiger partial charge >= 0.3 is 0 Å². The van der Waals surface area contributed by atoms with Crippen LogP contribution in [0.15, 0.2) is 146 Å². The zero-order chi connectivity index (χ0) is 30.1. The highest BCUT2D eigenvalue weighted by Gasteiger charge is 2.58. The monoisotopic (exact) mass is 575 g/mol. The summed E-state index contributed by atoms with van der Waals surface area (Å²) in [6.45, 7) is 2.95. The van der Waals surface area contributed by atoms with Crippen LogP contribution in [0.25, 0.3) is 10.9 Å². The predicted molar refractivity (Wildman–Crippen MR) is 177 cm³/mol. The molecule has 0 fully saturated rings. The van der Waals surface area contributed by atoms with E-state index in [4.69, 9.17) is 0 Å². The maximum Gasteiger partial charge on any atom is 0.243 e. The van der Waals surface area contributed by atoms with E-state index in [9.17, 15) is 4.79 Å². The molecule has 0 saturated heterocycles. The first-order valence-electron chi connectivity index (χ1n) is 15.0. The van der Waals surface area contributed by atoms with E-state index in [0.717, 1.165) is 38.8 Å². The Morgan fingerprint density at radius 3 is 1.95 bits per heavy atom. The molecule has 2 atom stereocenters. The normalized spacial score (nSPS) is 16.6. The van der Waals surface area contributed by atoms with Gasteiger partial charge < -0.3 is 14.8 Å². The maximum atomic E-state index is 15.2. The average Bonchev–Trinajstić information content (AvgIpc) is 3.55. The number of nitrogens with one attached hydrogen (secondary N) is 1. The average molecular weight is 576 g/mol. The largest absolute Gasteiger partial charge is 0.343 e. The summed E-state index contributed by atoms with van der Waals surface area (Å²) in [5.41, 5.74) is 5.17. The van der Waals surface area contributed by atoms with Gasteiger partial charge in [-0.25, -0.2) is 0 Å². The number of para-hydroxylation sites is 3. The molecular weight excluding hydrogens is 542 g/mol. The number of carbonyl (C=O) groups is 2. The van der Waals surface area contributed by atoms with Crippen LogP contribution in [0.2, 0.25) is 0 Å². The van der Waals surface area contributed by atoms with Crippen molar-refractivity contribution in [3.05, 3.63) is 168 Å². The molecule has 1 aliphatic rings. The van der Waals surface area contributed by atoms with Crippen molar-refractivity contribution in [1.82, 2.24) is 4.57 Å². The second-order valence-corrected chi connectivity index (χ2v) is 11.5. The number of aromatic nitrogens is 1. The number of rotatable bonds is 8. The molecule has 6 aromatic rings. The number of hydrogen-bond acceptors (Lipinski definition) is 2. The zero-order valence-electron chi connectivity index (χ0n) is 24.6. The topological polar surface area (TPSA) is 54.3 Å². The van der Waals surface area contributed by atoms with Crippen molar-refractivity contribution < 1.29 is 9.59 Å². The summed E-state index contributed by atoms with van der Waals surface area (Å²) >= 11 is 0. The van der Waals surface area contributed by atoms with Crippen LogP contribution in [-0.4, -0.2) is 16.4 Å². The van der Waals surface area contributed by atoms with Crippen LogP contribution >= 0.6 is 0 Å². The first kappa shape index (κ1) is 27.4. The smallest absolute Gasteiger partial charge is 0.243 e. The van der Waals surface area contributed by atoms with E-state index < -0.39 is 11.3 Å². The molecule has 2 heterocycles. The highest BCUT2D eigenvalue weighted by Crippen LogP contribution is 2.53. The van der Waals surface area contributed by atoms with Crippen LogP contribution in [0.4, 0.5) is 11.4 Å². The second kappa shape index (κ2) is 11.3. The Labute approximate surface area is 257 Å². The van der Waals surface area contributed by atoms with Crippen LogP contribution in [0, 0.1) is 5.92 Å². The third-order valence-corrected chi connectivity index (χ3v) is 8.88. The van der Waals surface area contributed by atoms with Crippen LogP contribution in [0.3, 0.4) is 0 Å². The molecule has 1 N–H and O–H groups in total. The molecule has 0 radical (unpaired) electrons. The highest BCUT2D eigenvalue weighted by atomic mass is 16.2. The van der Waals surface area contributed by atoms with Crippen molar-refractivity contribution in [2.45, 2.75) is 25.4 Å². The summed E-state index contributed by atoms with van der Waals surface area (Å²) in [6.07, 6.45) is 2.10. The summed E-state index contributed by atoms with van der Waals surface area (Å²) in [7, 11) is 0. The van der Waals surface area contributed by atoms with Gasteiger partial charge in [0.1, 0.15) is 5.41 Å². The fourth-order valence-corrected chi connectivity index (χ4v) is 6.76. The standard InChI is InChI=1S/C39H33N3O2/c1-28(37(43)40-31-19-9-4-10-20-31)39(33-22-12-14-24-36(33)42(38(39)44)26-30-17-7-3-8-18-30)34-27-41(25-29-15-5-2-6-16-29)35-23-13-11-21-32(34)35/h2-24,27-28H,25-26H2,1H3,(H,40,43)/t28-,39+/m0/s1. The molecule has 2 amide bonds. The van der Waals surface area contributed by atoms with Crippen molar-refractivity contribution in [3.8, 4) is 0 Å². The van der Waals surface area contributed by atoms with Crippen molar-refractivity contribution in [1.29, 1.82) is 0 Å². The number of nitrogens with zero attached hydrogens (tertiary/aromatic N) is 2. The van der Waals surface area contributed by atoms with Gasteiger partial charge in [0, 0.05) is 35.0 Å². The molecule has 44 heavy (non-hydrogen) atoms. The number of amides is 2. The lowest BCUT2D eigenvalue weighted by Gasteiger charge is -2.34. The summed E-state index contributed by atoms with van der Waals surface area (Å²) in [5, 5.41) is 4.07. The van der Waals surface area contributed by atoms with Gasteiger partial charge in [0.05, 0.1) is 12.5 Å². The number of hydrogen-bond donors (Lipinski definition) is 1. The summed E-state index contributed by atoms with van der Waals surface area (Å²) < 4.78 is 2.21. The maximum absolute atomic E-state index is 15.2. The minimum absolute atomic E-state index is 0.0964.